The zero-order valence-corrected chi connectivity index (χ0v) is 19.7. The van der Waals surface area contributed by atoms with Crippen LogP contribution in [0.5, 0.6) is 0 Å². The maximum atomic E-state index is 13.3. The topological polar surface area (TPSA) is 84.6 Å². The molecular formula is C25H32F2N2O4. The monoisotopic (exact) mass is 462 g/mol. The van der Waals surface area contributed by atoms with Gasteiger partial charge in [0.25, 0.3) is 5.92 Å². The number of allylic oxidation sites excluding steroid dienone is 4. The molecule has 0 radical (unpaired) electrons. The molecule has 2 rings (SSSR count). The third-order valence-electron chi connectivity index (χ3n) is 5.10. The van der Waals surface area contributed by atoms with Gasteiger partial charge in [-0.15, -0.1) is 0 Å². The standard InChI is InChI=1S/C25H32F2N2O4/c1-6-22-21(14-28-13-17(3)24(30)31)29-23(33-22)16(2)7-8-18(4)32-15-19-9-11-20(12-10-19)25(5,26)27/h7-12,17,28H,6,13-15H2,1-5H3,(H,30,31)/b16-7+,18-8+. The second-order valence-electron chi connectivity index (χ2n) is 8.11. The summed E-state index contributed by atoms with van der Waals surface area (Å²) >= 11 is 0. The molecule has 8 heteroatoms. The van der Waals surface area contributed by atoms with E-state index in [4.69, 9.17) is 14.3 Å². The average Bonchev–Trinajstić information content (AvgIpc) is 3.18. The van der Waals surface area contributed by atoms with Crippen molar-refractivity contribution in [2.24, 2.45) is 5.92 Å². The number of ether oxygens (including phenoxy) is 1. The molecule has 0 aliphatic carbocycles. The Kier molecular flexibility index (Phi) is 9.34. The predicted octanol–water partition coefficient (Wildman–Crippen LogP) is 5.68. The third-order valence-corrected chi connectivity index (χ3v) is 5.10. The highest BCUT2D eigenvalue weighted by atomic mass is 19.3. The second-order valence-corrected chi connectivity index (χ2v) is 8.11. The first-order valence-corrected chi connectivity index (χ1v) is 10.9. The smallest absolute Gasteiger partial charge is 0.307 e. The highest BCUT2D eigenvalue weighted by molar-refractivity contribution is 5.69. The summed E-state index contributed by atoms with van der Waals surface area (Å²) in [5, 5.41) is 12.1. The summed E-state index contributed by atoms with van der Waals surface area (Å²) in [4.78, 5) is 15.5. The van der Waals surface area contributed by atoms with Gasteiger partial charge in [-0.05, 0) is 25.5 Å². The van der Waals surface area contributed by atoms with Gasteiger partial charge in [-0.1, -0.05) is 44.2 Å². The number of alkyl halides is 2. The molecule has 2 aromatic rings. The maximum Gasteiger partial charge on any atom is 0.307 e. The number of nitrogens with zero attached hydrogens (tertiary/aromatic N) is 1. The van der Waals surface area contributed by atoms with E-state index in [1.165, 1.54) is 12.1 Å². The van der Waals surface area contributed by atoms with Crippen molar-refractivity contribution in [2.75, 3.05) is 6.54 Å². The van der Waals surface area contributed by atoms with E-state index in [9.17, 15) is 13.6 Å². The molecule has 2 N–H and O–H groups in total. The minimum Gasteiger partial charge on any atom is -0.494 e. The van der Waals surface area contributed by atoms with Crippen molar-refractivity contribution in [1.82, 2.24) is 10.3 Å². The van der Waals surface area contributed by atoms with Gasteiger partial charge in [-0.3, -0.25) is 4.79 Å². The van der Waals surface area contributed by atoms with Crippen LogP contribution in [0.25, 0.3) is 5.57 Å². The molecule has 0 bridgehead atoms. The summed E-state index contributed by atoms with van der Waals surface area (Å²) in [6, 6.07) is 6.08. The molecule has 1 atom stereocenters. The zero-order valence-electron chi connectivity index (χ0n) is 19.7. The number of aliphatic carboxylic acids is 1. The Hall–Kier alpha value is -3.00. The molecule has 1 aromatic carbocycles. The molecular weight excluding hydrogens is 430 g/mol. The average molecular weight is 463 g/mol. The lowest BCUT2D eigenvalue weighted by atomic mass is 10.1. The second kappa shape index (κ2) is 11.7. The van der Waals surface area contributed by atoms with E-state index in [0.29, 0.717) is 31.2 Å². The van der Waals surface area contributed by atoms with Crippen LogP contribution in [0.15, 0.2) is 46.6 Å². The number of carbonyl (C=O) groups is 1. The molecule has 0 aliphatic heterocycles. The van der Waals surface area contributed by atoms with Crippen molar-refractivity contribution in [3.8, 4) is 0 Å². The van der Waals surface area contributed by atoms with Crippen LogP contribution in [0.2, 0.25) is 0 Å². The summed E-state index contributed by atoms with van der Waals surface area (Å²) in [6.07, 6.45) is 4.31. The van der Waals surface area contributed by atoms with Crippen LogP contribution < -0.4 is 5.32 Å². The molecule has 0 aliphatic rings. The summed E-state index contributed by atoms with van der Waals surface area (Å²) in [5.74, 6) is -2.28. The molecule has 180 valence electrons. The fourth-order valence-electron chi connectivity index (χ4n) is 2.91. The molecule has 0 saturated heterocycles. The highest BCUT2D eigenvalue weighted by Gasteiger charge is 2.23. The Labute approximate surface area is 193 Å². The van der Waals surface area contributed by atoms with Crippen LogP contribution >= 0.6 is 0 Å². The number of benzene rings is 1. The minimum absolute atomic E-state index is 0.0274. The van der Waals surface area contributed by atoms with Crippen molar-refractivity contribution in [2.45, 2.75) is 60.1 Å². The Morgan fingerprint density at radius 3 is 2.52 bits per heavy atom. The van der Waals surface area contributed by atoms with Gasteiger partial charge in [-0.2, -0.15) is 0 Å². The molecule has 0 spiro atoms. The predicted molar refractivity (Wildman–Crippen MR) is 123 cm³/mol. The number of halogens is 2. The van der Waals surface area contributed by atoms with Crippen LogP contribution in [0.3, 0.4) is 0 Å². The number of hydrogen-bond acceptors (Lipinski definition) is 5. The fraction of sp³-hybridized carbons (Fsp3) is 0.440. The highest BCUT2D eigenvalue weighted by Crippen LogP contribution is 2.27. The summed E-state index contributed by atoms with van der Waals surface area (Å²) in [6.45, 7) is 9.22. The van der Waals surface area contributed by atoms with E-state index in [-0.39, 0.29) is 12.2 Å². The van der Waals surface area contributed by atoms with Crippen molar-refractivity contribution in [3.05, 3.63) is 70.6 Å². The molecule has 1 unspecified atom stereocenters. The van der Waals surface area contributed by atoms with Crippen LogP contribution in [-0.4, -0.2) is 22.6 Å². The number of carboxylic acid groups (broad SMARTS) is 1. The van der Waals surface area contributed by atoms with Gasteiger partial charge >= 0.3 is 5.97 Å². The number of oxazole rings is 1. The lowest BCUT2D eigenvalue weighted by molar-refractivity contribution is -0.140. The molecule has 1 aromatic heterocycles. The first-order valence-electron chi connectivity index (χ1n) is 10.9. The first-order chi connectivity index (χ1) is 15.5. The Bertz CT molecular complexity index is 989. The number of carboxylic acids is 1. The van der Waals surface area contributed by atoms with E-state index in [1.54, 1.807) is 25.1 Å². The Balaban J connectivity index is 1.96. The van der Waals surface area contributed by atoms with Gasteiger partial charge in [0, 0.05) is 37.6 Å². The summed E-state index contributed by atoms with van der Waals surface area (Å²) in [7, 11) is 0. The molecule has 0 amide bonds. The lowest BCUT2D eigenvalue weighted by Gasteiger charge is -2.11. The van der Waals surface area contributed by atoms with Gasteiger partial charge in [0.05, 0.1) is 17.4 Å². The maximum absolute atomic E-state index is 13.3. The zero-order chi connectivity index (χ0) is 24.6. The van der Waals surface area contributed by atoms with Gasteiger partial charge in [-0.25, -0.2) is 13.8 Å². The molecule has 33 heavy (non-hydrogen) atoms. The SMILES string of the molecule is CCc1oc(/C(C)=C/C=C(\C)OCc2ccc(C(C)(F)F)cc2)nc1CNCC(C)C(=O)O. The van der Waals surface area contributed by atoms with Crippen LogP contribution in [-0.2, 0) is 35.0 Å². The number of nitrogens with one attached hydrogen (secondary N) is 1. The largest absolute Gasteiger partial charge is 0.494 e. The number of hydrogen-bond donors (Lipinski definition) is 2. The number of aryl methyl sites for hydroxylation is 1. The van der Waals surface area contributed by atoms with Crippen molar-refractivity contribution in [1.29, 1.82) is 0 Å². The van der Waals surface area contributed by atoms with Crippen molar-refractivity contribution >= 4 is 11.5 Å². The van der Waals surface area contributed by atoms with E-state index in [0.717, 1.165) is 29.5 Å². The van der Waals surface area contributed by atoms with Crippen LogP contribution in [0.1, 0.15) is 63.1 Å². The summed E-state index contributed by atoms with van der Waals surface area (Å²) < 4.78 is 38.2. The summed E-state index contributed by atoms with van der Waals surface area (Å²) in [5.41, 5.74) is 2.34. The normalized spacial score (nSPS) is 13.8. The van der Waals surface area contributed by atoms with Crippen LogP contribution in [0, 0.1) is 5.92 Å². The number of aromatic nitrogens is 1. The van der Waals surface area contributed by atoms with Gasteiger partial charge < -0.3 is 19.6 Å². The van der Waals surface area contributed by atoms with E-state index >= 15 is 0 Å². The minimum atomic E-state index is -2.86. The Morgan fingerprint density at radius 1 is 1.27 bits per heavy atom. The van der Waals surface area contributed by atoms with Gasteiger partial charge in [0.2, 0.25) is 5.89 Å². The molecule has 0 saturated carbocycles. The first kappa shape index (κ1) is 26.3. The number of rotatable bonds is 12. The molecule has 6 nitrogen and oxygen atoms in total. The van der Waals surface area contributed by atoms with Crippen molar-refractivity contribution < 1.29 is 27.8 Å². The quantitative estimate of drug-likeness (QED) is 0.312. The Morgan fingerprint density at radius 2 is 1.94 bits per heavy atom. The lowest BCUT2D eigenvalue weighted by Crippen LogP contribution is -2.26. The van der Waals surface area contributed by atoms with Gasteiger partial charge in [0.1, 0.15) is 12.4 Å². The molecule has 1 heterocycles. The van der Waals surface area contributed by atoms with E-state index in [2.05, 4.69) is 10.3 Å². The fourth-order valence-corrected chi connectivity index (χ4v) is 2.91. The molecule has 0 fully saturated rings. The third kappa shape index (κ3) is 8.13. The van der Waals surface area contributed by atoms with E-state index < -0.39 is 17.8 Å². The van der Waals surface area contributed by atoms with E-state index in [1.807, 2.05) is 26.8 Å². The van der Waals surface area contributed by atoms with Gasteiger partial charge in [0.15, 0.2) is 0 Å². The van der Waals surface area contributed by atoms with Crippen molar-refractivity contribution in [3.63, 3.8) is 0 Å². The van der Waals surface area contributed by atoms with Crippen LogP contribution in [0.4, 0.5) is 8.78 Å².